The van der Waals surface area contributed by atoms with Crippen molar-refractivity contribution in [3.8, 4) is 0 Å². The first kappa shape index (κ1) is 14.9. The molecule has 0 bridgehead atoms. The number of carbonyl (C=O) groups excluding carboxylic acids is 2. The molecule has 1 N–H and O–H groups in total. The van der Waals surface area contributed by atoms with Gasteiger partial charge in [-0.15, -0.1) is 0 Å². The number of para-hydroxylation sites is 2. The molecular formula is C18H20N4O2. The Bertz CT molecular complexity index is 807. The highest BCUT2D eigenvalue weighted by molar-refractivity contribution is 6.09. The van der Waals surface area contributed by atoms with Crippen LogP contribution in [0.4, 0.5) is 11.4 Å². The summed E-state index contributed by atoms with van der Waals surface area (Å²) in [5, 5.41) is 7.45. The topological polar surface area (TPSA) is 67.2 Å². The highest BCUT2D eigenvalue weighted by atomic mass is 16.2. The largest absolute Gasteiger partial charge is 0.324 e. The Balaban J connectivity index is 1.73. The van der Waals surface area contributed by atoms with Crippen molar-refractivity contribution in [3.05, 3.63) is 41.7 Å². The van der Waals surface area contributed by atoms with E-state index in [0.717, 1.165) is 24.2 Å². The minimum Gasteiger partial charge on any atom is -0.324 e. The molecule has 1 aliphatic carbocycles. The van der Waals surface area contributed by atoms with Crippen LogP contribution in [0.1, 0.15) is 48.3 Å². The highest BCUT2D eigenvalue weighted by Crippen LogP contribution is 2.39. The normalized spacial score (nSPS) is 17.2. The van der Waals surface area contributed by atoms with E-state index in [1.807, 2.05) is 37.3 Å². The number of amides is 2. The van der Waals surface area contributed by atoms with Gasteiger partial charge in [-0.3, -0.25) is 14.3 Å². The molecule has 1 saturated carbocycles. The standard InChI is InChI=1S/C18H20N4O2/c1-2-22-16(11-14(20-22)12-7-8-12)18(24)21-10-9-17(23)19-13-5-3-4-6-15(13)21/h3-6,11-12H,2,7-10H2,1H3,(H,19,23). The molecule has 2 aromatic rings. The summed E-state index contributed by atoms with van der Waals surface area (Å²) in [4.78, 5) is 26.8. The van der Waals surface area contributed by atoms with Crippen molar-refractivity contribution in [1.29, 1.82) is 0 Å². The zero-order valence-electron chi connectivity index (χ0n) is 13.7. The molecule has 24 heavy (non-hydrogen) atoms. The van der Waals surface area contributed by atoms with Crippen molar-refractivity contribution < 1.29 is 9.59 Å². The monoisotopic (exact) mass is 324 g/mol. The van der Waals surface area contributed by atoms with Crippen LogP contribution in [0.15, 0.2) is 30.3 Å². The number of hydrogen-bond acceptors (Lipinski definition) is 3. The summed E-state index contributed by atoms with van der Waals surface area (Å²) in [6, 6.07) is 9.35. The van der Waals surface area contributed by atoms with E-state index in [-0.39, 0.29) is 18.2 Å². The van der Waals surface area contributed by atoms with E-state index >= 15 is 0 Å². The maximum atomic E-state index is 13.2. The predicted octanol–water partition coefficient (Wildman–Crippen LogP) is 2.77. The lowest BCUT2D eigenvalue weighted by Gasteiger charge is -2.22. The Morgan fingerprint density at radius 1 is 1.33 bits per heavy atom. The second kappa shape index (κ2) is 5.78. The van der Waals surface area contributed by atoms with Gasteiger partial charge in [0.25, 0.3) is 5.91 Å². The zero-order valence-corrected chi connectivity index (χ0v) is 13.7. The van der Waals surface area contributed by atoms with E-state index in [1.54, 1.807) is 9.58 Å². The minimum atomic E-state index is -0.0970. The van der Waals surface area contributed by atoms with Crippen LogP contribution in [0.2, 0.25) is 0 Å². The number of aryl methyl sites for hydroxylation is 1. The molecule has 124 valence electrons. The Morgan fingerprint density at radius 3 is 2.88 bits per heavy atom. The first-order valence-corrected chi connectivity index (χ1v) is 8.46. The highest BCUT2D eigenvalue weighted by Gasteiger charge is 2.31. The van der Waals surface area contributed by atoms with Crippen molar-refractivity contribution in [2.75, 3.05) is 16.8 Å². The molecule has 2 amide bonds. The van der Waals surface area contributed by atoms with Crippen molar-refractivity contribution >= 4 is 23.2 Å². The molecule has 1 aliphatic heterocycles. The summed E-state index contributed by atoms with van der Waals surface area (Å²) < 4.78 is 1.78. The van der Waals surface area contributed by atoms with Gasteiger partial charge in [0.15, 0.2) is 0 Å². The first-order chi connectivity index (χ1) is 11.7. The molecule has 6 nitrogen and oxygen atoms in total. The van der Waals surface area contributed by atoms with E-state index in [9.17, 15) is 9.59 Å². The number of nitrogens with one attached hydrogen (secondary N) is 1. The average Bonchev–Trinajstić information content (AvgIpc) is 3.37. The average molecular weight is 324 g/mol. The van der Waals surface area contributed by atoms with Gasteiger partial charge >= 0.3 is 0 Å². The number of anilines is 2. The van der Waals surface area contributed by atoms with Gasteiger partial charge in [-0.25, -0.2) is 0 Å². The van der Waals surface area contributed by atoms with E-state index < -0.39 is 0 Å². The van der Waals surface area contributed by atoms with Crippen LogP contribution >= 0.6 is 0 Å². The van der Waals surface area contributed by atoms with Gasteiger partial charge in [-0.1, -0.05) is 12.1 Å². The van der Waals surface area contributed by atoms with Crippen molar-refractivity contribution in [1.82, 2.24) is 9.78 Å². The first-order valence-electron chi connectivity index (χ1n) is 8.46. The zero-order chi connectivity index (χ0) is 16.7. The molecule has 1 aromatic heterocycles. The number of fused-ring (bicyclic) bond motifs is 1. The van der Waals surface area contributed by atoms with Crippen molar-refractivity contribution in [2.24, 2.45) is 0 Å². The fourth-order valence-electron chi connectivity index (χ4n) is 3.14. The van der Waals surface area contributed by atoms with Gasteiger partial charge in [0, 0.05) is 25.4 Å². The third kappa shape index (κ3) is 2.58. The fraction of sp³-hybridized carbons (Fsp3) is 0.389. The second-order valence-electron chi connectivity index (χ2n) is 6.32. The summed E-state index contributed by atoms with van der Waals surface area (Å²) in [6.07, 6.45) is 2.59. The minimum absolute atomic E-state index is 0.0691. The van der Waals surface area contributed by atoms with Crippen LogP contribution in [0.5, 0.6) is 0 Å². The molecule has 0 unspecified atom stereocenters. The maximum Gasteiger partial charge on any atom is 0.276 e. The molecule has 4 rings (SSSR count). The van der Waals surface area contributed by atoms with Crippen molar-refractivity contribution in [3.63, 3.8) is 0 Å². The van der Waals surface area contributed by atoms with Crippen LogP contribution < -0.4 is 10.2 Å². The Morgan fingerprint density at radius 2 is 2.12 bits per heavy atom. The third-order valence-corrected chi connectivity index (χ3v) is 4.59. The van der Waals surface area contributed by atoms with Crippen LogP contribution in [0, 0.1) is 0 Å². The SMILES string of the molecule is CCn1nc(C2CC2)cc1C(=O)N1CCC(=O)Nc2ccccc21. The smallest absolute Gasteiger partial charge is 0.276 e. The molecular weight excluding hydrogens is 304 g/mol. The summed E-state index contributed by atoms with van der Waals surface area (Å²) in [5.41, 5.74) is 3.03. The molecule has 2 aliphatic rings. The number of benzene rings is 1. The van der Waals surface area contributed by atoms with Gasteiger partial charge in [-0.05, 0) is 38.0 Å². The lowest BCUT2D eigenvalue weighted by Crippen LogP contribution is -2.33. The lowest BCUT2D eigenvalue weighted by molar-refractivity contribution is -0.115. The number of rotatable bonds is 3. The van der Waals surface area contributed by atoms with E-state index in [1.165, 1.54) is 0 Å². The van der Waals surface area contributed by atoms with Crippen LogP contribution in [-0.4, -0.2) is 28.1 Å². The molecule has 1 fully saturated rings. The summed E-state index contributed by atoms with van der Waals surface area (Å²) >= 11 is 0. The molecule has 0 saturated heterocycles. The third-order valence-electron chi connectivity index (χ3n) is 4.59. The fourth-order valence-corrected chi connectivity index (χ4v) is 3.14. The number of carbonyl (C=O) groups is 2. The maximum absolute atomic E-state index is 13.2. The van der Waals surface area contributed by atoms with Crippen LogP contribution in [0.25, 0.3) is 0 Å². The number of aromatic nitrogens is 2. The lowest BCUT2D eigenvalue weighted by atomic mass is 10.2. The van der Waals surface area contributed by atoms with Gasteiger partial charge in [0.2, 0.25) is 5.91 Å². The van der Waals surface area contributed by atoms with E-state index in [2.05, 4.69) is 10.4 Å². The quantitative estimate of drug-likeness (QED) is 0.944. The summed E-state index contributed by atoms with van der Waals surface area (Å²) in [6.45, 7) is 3.01. The van der Waals surface area contributed by atoms with Gasteiger partial charge in [-0.2, -0.15) is 5.10 Å². The molecule has 6 heteroatoms. The van der Waals surface area contributed by atoms with Gasteiger partial charge < -0.3 is 10.2 Å². The second-order valence-corrected chi connectivity index (χ2v) is 6.32. The molecule has 0 spiro atoms. The van der Waals surface area contributed by atoms with E-state index in [0.29, 0.717) is 30.4 Å². The van der Waals surface area contributed by atoms with Gasteiger partial charge in [0.1, 0.15) is 5.69 Å². The number of nitrogens with zero attached hydrogens (tertiary/aromatic N) is 3. The van der Waals surface area contributed by atoms with Crippen molar-refractivity contribution in [2.45, 2.75) is 38.6 Å². The Labute approximate surface area is 140 Å². The van der Waals surface area contributed by atoms with Gasteiger partial charge in [0.05, 0.1) is 17.1 Å². The molecule has 0 radical (unpaired) electrons. The summed E-state index contributed by atoms with van der Waals surface area (Å²) in [5.74, 6) is 0.338. The predicted molar refractivity (Wildman–Crippen MR) is 91.2 cm³/mol. The van der Waals surface area contributed by atoms with Crippen LogP contribution in [0.3, 0.4) is 0 Å². The Kier molecular flexibility index (Phi) is 3.59. The summed E-state index contributed by atoms with van der Waals surface area (Å²) in [7, 11) is 0. The molecule has 2 heterocycles. The Hall–Kier alpha value is -2.63. The molecule has 1 aromatic carbocycles. The van der Waals surface area contributed by atoms with Crippen LogP contribution in [-0.2, 0) is 11.3 Å². The van der Waals surface area contributed by atoms with E-state index in [4.69, 9.17) is 0 Å². The number of hydrogen-bond donors (Lipinski definition) is 1. The molecule has 0 atom stereocenters.